The van der Waals surface area contributed by atoms with Gasteiger partial charge in [0, 0.05) is 11.5 Å². The Kier molecular flexibility index (Phi) is 3.41. The fraction of sp³-hybridized carbons (Fsp3) is 0.500. The molecule has 2 heterocycles. The van der Waals surface area contributed by atoms with Gasteiger partial charge in [-0.25, -0.2) is 0 Å². The Hall–Kier alpha value is -0.680. The fourth-order valence-electron chi connectivity index (χ4n) is 1.51. The van der Waals surface area contributed by atoms with Crippen LogP contribution < -0.4 is 0 Å². The van der Waals surface area contributed by atoms with E-state index in [9.17, 15) is 9.59 Å². The summed E-state index contributed by atoms with van der Waals surface area (Å²) in [5, 5.41) is 3.75. The van der Waals surface area contributed by atoms with Crippen molar-refractivity contribution in [3.05, 3.63) is 23.0 Å². The normalized spacial score (nSPS) is 35.2. The highest BCUT2D eigenvalue weighted by atomic mass is 32.2. The van der Waals surface area contributed by atoms with Gasteiger partial charge >= 0.3 is 11.9 Å². The molecule has 17 heavy (non-hydrogen) atoms. The topological polar surface area (TPSA) is 43.4 Å². The molecule has 0 aromatic rings. The van der Waals surface area contributed by atoms with Crippen LogP contribution in [0.3, 0.4) is 0 Å². The third kappa shape index (κ3) is 2.45. The van der Waals surface area contributed by atoms with Gasteiger partial charge < -0.3 is 4.74 Å². The van der Waals surface area contributed by atoms with Gasteiger partial charge in [-0.2, -0.15) is 0 Å². The zero-order chi connectivity index (χ0) is 12.5. The second-order valence-electron chi connectivity index (χ2n) is 4.74. The van der Waals surface area contributed by atoms with Gasteiger partial charge in [0.2, 0.25) is 0 Å². The van der Waals surface area contributed by atoms with Crippen LogP contribution in [0.2, 0.25) is 0 Å². The lowest BCUT2D eigenvalue weighted by Crippen LogP contribution is -2.36. The summed E-state index contributed by atoms with van der Waals surface area (Å²) in [5.74, 6) is 0.381. The van der Waals surface area contributed by atoms with Gasteiger partial charge in [-0.1, -0.05) is 12.2 Å². The van der Waals surface area contributed by atoms with E-state index < -0.39 is 22.8 Å². The van der Waals surface area contributed by atoms with Crippen molar-refractivity contribution in [1.29, 1.82) is 0 Å². The highest BCUT2D eigenvalue weighted by Gasteiger charge is 2.41. The average molecular weight is 270 g/mol. The maximum absolute atomic E-state index is 11.9. The molecule has 0 aromatic carbocycles. The summed E-state index contributed by atoms with van der Waals surface area (Å²) in [5.41, 5.74) is -1.32. The van der Waals surface area contributed by atoms with Gasteiger partial charge in [0.1, 0.15) is 0 Å². The lowest BCUT2D eigenvalue weighted by molar-refractivity contribution is -0.168. The monoisotopic (exact) mass is 270 g/mol. The number of esters is 2. The average Bonchev–Trinajstić information content (AvgIpc) is 2.89. The largest absolute Gasteiger partial charge is 0.392 e. The Balaban J connectivity index is 2.02. The van der Waals surface area contributed by atoms with E-state index in [1.807, 2.05) is 10.8 Å². The molecule has 0 N–H and O–H groups in total. The molecule has 0 amide bonds. The summed E-state index contributed by atoms with van der Waals surface area (Å²) in [7, 11) is 0. The smallest absolute Gasteiger partial charge is 0.324 e. The molecule has 0 saturated heterocycles. The summed E-state index contributed by atoms with van der Waals surface area (Å²) in [6.07, 6.45) is 3.60. The van der Waals surface area contributed by atoms with Crippen molar-refractivity contribution in [2.24, 2.45) is 10.8 Å². The summed E-state index contributed by atoms with van der Waals surface area (Å²) in [6, 6.07) is 0. The molecular formula is C12H14O3S2. The van der Waals surface area contributed by atoms with Crippen molar-refractivity contribution in [3.8, 4) is 0 Å². The van der Waals surface area contributed by atoms with Crippen LogP contribution in [0.15, 0.2) is 23.0 Å². The van der Waals surface area contributed by atoms with Crippen molar-refractivity contribution < 1.29 is 14.3 Å². The van der Waals surface area contributed by atoms with Crippen LogP contribution in [0.1, 0.15) is 13.8 Å². The fourth-order valence-corrected chi connectivity index (χ4v) is 3.61. The molecule has 5 heteroatoms. The number of thioether (sulfide) groups is 2. The zero-order valence-corrected chi connectivity index (χ0v) is 11.4. The van der Waals surface area contributed by atoms with E-state index in [0.717, 1.165) is 0 Å². The lowest BCUT2D eigenvalue weighted by Gasteiger charge is -2.22. The van der Waals surface area contributed by atoms with Crippen molar-refractivity contribution in [3.63, 3.8) is 0 Å². The van der Waals surface area contributed by atoms with Gasteiger partial charge in [0.25, 0.3) is 0 Å². The molecule has 2 rings (SSSR count). The third-order valence-corrected chi connectivity index (χ3v) is 5.14. The molecule has 2 unspecified atom stereocenters. The minimum Gasteiger partial charge on any atom is -0.392 e. The molecule has 0 aliphatic carbocycles. The SMILES string of the molecule is CC1(C(=O)OC(=O)C2(C)C=CSC2)C=CSC1. The van der Waals surface area contributed by atoms with E-state index >= 15 is 0 Å². The zero-order valence-electron chi connectivity index (χ0n) is 9.76. The van der Waals surface area contributed by atoms with E-state index in [1.165, 1.54) is 0 Å². The van der Waals surface area contributed by atoms with Gasteiger partial charge in [-0.05, 0) is 24.7 Å². The van der Waals surface area contributed by atoms with Crippen LogP contribution >= 0.6 is 23.5 Å². The minimum absolute atomic E-state index is 0.449. The number of hydrogen-bond donors (Lipinski definition) is 0. The number of carbonyl (C=O) groups is 2. The first-order valence-electron chi connectivity index (χ1n) is 5.32. The van der Waals surface area contributed by atoms with E-state index in [0.29, 0.717) is 11.5 Å². The van der Waals surface area contributed by atoms with E-state index in [4.69, 9.17) is 4.74 Å². The van der Waals surface area contributed by atoms with Crippen molar-refractivity contribution in [2.75, 3.05) is 11.5 Å². The van der Waals surface area contributed by atoms with Crippen LogP contribution in [0.25, 0.3) is 0 Å². The van der Waals surface area contributed by atoms with E-state index in [-0.39, 0.29) is 0 Å². The standard InChI is InChI=1S/C12H14O3S2/c1-11(3-5-16-7-11)9(13)15-10(14)12(2)4-6-17-8-12/h3-6H,7-8H2,1-2H3. The van der Waals surface area contributed by atoms with Crippen LogP contribution in [0.5, 0.6) is 0 Å². The Labute approximate surface area is 109 Å². The summed E-state index contributed by atoms with van der Waals surface area (Å²) >= 11 is 3.11. The minimum atomic E-state index is -0.661. The first-order chi connectivity index (χ1) is 7.96. The molecule has 3 nitrogen and oxygen atoms in total. The van der Waals surface area contributed by atoms with Gasteiger partial charge in [-0.15, -0.1) is 23.5 Å². The highest BCUT2D eigenvalue weighted by Crippen LogP contribution is 2.37. The second-order valence-corrected chi connectivity index (χ2v) is 6.53. The molecule has 0 saturated carbocycles. The molecule has 0 radical (unpaired) electrons. The summed E-state index contributed by atoms with van der Waals surface area (Å²) in [6.45, 7) is 3.58. The lowest BCUT2D eigenvalue weighted by atomic mass is 9.92. The molecular weight excluding hydrogens is 256 g/mol. The number of hydrogen-bond acceptors (Lipinski definition) is 5. The molecule has 0 bridgehead atoms. The molecule has 0 aromatic heterocycles. The Bertz CT molecular complexity index is 378. The van der Waals surface area contributed by atoms with Crippen LogP contribution in [-0.4, -0.2) is 23.4 Å². The Morgan fingerprint density at radius 3 is 1.71 bits per heavy atom. The Morgan fingerprint density at radius 1 is 1.00 bits per heavy atom. The van der Waals surface area contributed by atoms with Gasteiger partial charge in [0.05, 0.1) is 10.8 Å². The van der Waals surface area contributed by atoms with Crippen molar-refractivity contribution in [2.45, 2.75) is 13.8 Å². The maximum atomic E-state index is 11.9. The molecule has 92 valence electrons. The quantitative estimate of drug-likeness (QED) is 0.570. The molecule has 2 aliphatic heterocycles. The summed E-state index contributed by atoms with van der Waals surface area (Å²) in [4.78, 5) is 23.9. The highest BCUT2D eigenvalue weighted by molar-refractivity contribution is 8.02. The van der Waals surface area contributed by atoms with Gasteiger partial charge in [0.15, 0.2) is 0 Å². The molecule has 0 spiro atoms. The second kappa shape index (κ2) is 4.53. The predicted molar refractivity (Wildman–Crippen MR) is 70.5 cm³/mol. The number of ether oxygens (including phenoxy) is 1. The molecule has 2 atom stereocenters. The number of carbonyl (C=O) groups excluding carboxylic acids is 2. The first-order valence-corrected chi connectivity index (χ1v) is 7.41. The van der Waals surface area contributed by atoms with Crippen molar-refractivity contribution >= 4 is 35.5 Å². The van der Waals surface area contributed by atoms with Crippen LogP contribution in [-0.2, 0) is 14.3 Å². The number of rotatable bonds is 2. The predicted octanol–water partition coefficient (Wildman–Crippen LogP) is 2.59. The maximum Gasteiger partial charge on any atom is 0.324 e. The van der Waals surface area contributed by atoms with E-state index in [2.05, 4.69) is 0 Å². The Morgan fingerprint density at radius 2 is 1.41 bits per heavy atom. The third-order valence-electron chi connectivity index (χ3n) is 2.95. The molecule has 2 aliphatic rings. The van der Waals surface area contributed by atoms with Crippen LogP contribution in [0.4, 0.5) is 0 Å². The van der Waals surface area contributed by atoms with Crippen LogP contribution in [0, 0.1) is 10.8 Å². The van der Waals surface area contributed by atoms with Gasteiger partial charge in [-0.3, -0.25) is 9.59 Å². The first kappa shape index (κ1) is 12.8. The molecule has 0 fully saturated rings. The van der Waals surface area contributed by atoms with E-state index in [1.54, 1.807) is 49.5 Å². The van der Waals surface area contributed by atoms with Crippen molar-refractivity contribution in [1.82, 2.24) is 0 Å². The summed E-state index contributed by atoms with van der Waals surface area (Å²) < 4.78 is 5.02.